The second-order valence-corrected chi connectivity index (χ2v) is 6.33. The van der Waals surface area contributed by atoms with Gasteiger partial charge >= 0.3 is 0 Å². The third kappa shape index (κ3) is 4.88. The fourth-order valence-corrected chi connectivity index (χ4v) is 2.93. The third-order valence-corrected chi connectivity index (χ3v) is 4.32. The van der Waals surface area contributed by atoms with Gasteiger partial charge in [0.1, 0.15) is 0 Å². The summed E-state index contributed by atoms with van der Waals surface area (Å²) in [6, 6.07) is 3.53. The molecular formula is C15H21BrN2O3. The Morgan fingerprint density at radius 3 is 2.76 bits per heavy atom. The van der Waals surface area contributed by atoms with Gasteiger partial charge in [-0.05, 0) is 46.8 Å². The second kappa shape index (κ2) is 7.64. The highest BCUT2D eigenvalue weighted by molar-refractivity contribution is 9.10. The van der Waals surface area contributed by atoms with E-state index in [1.165, 1.54) is 19.3 Å². The molecule has 0 saturated heterocycles. The average Bonchev–Trinajstić information content (AvgIpc) is 2.88. The molecule has 2 amide bonds. The maximum absolute atomic E-state index is 11.9. The van der Waals surface area contributed by atoms with Gasteiger partial charge in [0.2, 0.25) is 5.91 Å². The van der Waals surface area contributed by atoms with E-state index in [4.69, 9.17) is 4.42 Å². The smallest absolute Gasteiger partial charge is 0.287 e. The standard InChI is InChI=1S/C15H21BrN2O3/c1-10-4-2-3-5-11(10)18-14(19)8-9-17-15(20)12-6-7-13(16)21-12/h6-7,10-11H,2-5,8-9H2,1H3,(H,17,20)(H,18,19). The van der Waals surface area contributed by atoms with Crippen LogP contribution in [0.3, 0.4) is 0 Å². The van der Waals surface area contributed by atoms with Crippen molar-refractivity contribution in [3.8, 4) is 0 Å². The lowest BCUT2D eigenvalue weighted by Gasteiger charge is -2.29. The molecule has 5 nitrogen and oxygen atoms in total. The van der Waals surface area contributed by atoms with Crippen molar-refractivity contribution in [2.75, 3.05) is 6.54 Å². The van der Waals surface area contributed by atoms with E-state index < -0.39 is 0 Å². The first-order valence-corrected chi connectivity index (χ1v) is 8.18. The molecule has 2 N–H and O–H groups in total. The monoisotopic (exact) mass is 356 g/mol. The number of halogens is 1. The number of hydrogen-bond donors (Lipinski definition) is 2. The van der Waals surface area contributed by atoms with Crippen LogP contribution in [0.2, 0.25) is 0 Å². The number of nitrogens with one attached hydrogen (secondary N) is 2. The molecule has 0 bridgehead atoms. The number of carbonyl (C=O) groups excluding carboxylic acids is 2. The van der Waals surface area contributed by atoms with Crippen molar-refractivity contribution in [2.45, 2.75) is 45.1 Å². The number of hydrogen-bond acceptors (Lipinski definition) is 3. The molecule has 1 aromatic rings. The second-order valence-electron chi connectivity index (χ2n) is 5.55. The minimum atomic E-state index is -0.306. The molecule has 2 rings (SSSR count). The van der Waals surface area contributed by atoms with Gasteiger partial charge in [0.25, 0.3) is 5.91 Å². The van der Waals surface area contributed by atoms with Gasteiger partial charge in [0.15, 0.2) is 10.4 Å². The fourth-order valence-electron chi connectivity index (χ4n) is 2.62. The maximum Gasteiger partial charge on any atom is 0.287 e. The topological polar surface area (TPSA) is 71.3 Å². The summed E-state index contributed by atoms with van der Waals surface area (Å²) in [6.45, 7) is 2.49. The summed E-state index contributed by atoms with van der Waals surface area (Å²) < 4.78 is 5.65. The summed E-state index contributed by atoms with van der Waals surface area (Å²) >= 11 is 3.14. The Balaban J connectivity index is 1.68. The van der Waals surface area contributed by atoms with E-state index in [0.717, 1.165) is 6.42 Å². The number of carbonyl (C=O) groups is 2. The minimum absolute atomic E-state index is 0.00493. The zero-order chi connectivity index (χ0) is 15.2. The molecule has 1 saturated carbocycles. The Bertz CT molecular complexity index is 501. The van der Waals surface area contributed by atoms with E-state index in [9.17, 15) is 9.59 Å². The van der Waals surface area contributed by atoms with Gasteiger partial charge < -0.3 is 15.1 Å². The van der Waals surface area contributed by atoms with Crippen LogP contribution in [0.15, 0.2) is 21.2 Å². The van der Waals surface area contributed by atoms with Gasteiger partial charge in [-0.1, -0.05) is 19.8 Å². The zero-order valence-corrected chi connectivity index (χ0v) is 13.7. The molecule has 1 heterocycles. The Morgan fingerprint density at radius 2 is 2.10 bits per heavy atom. The van der Waals surface area contributed by atoms with Crippen LogP contribution in [0.5, 0.6) is 0 Å². The van der Waals surface area contributed by atoms with Crippen molar-refractivity contribution in [3.05, 3.63) is 22.6 Å². The van der Waals surface area contributed by atoms with Gasteiger partial charge in [-0.15, -0.1) is 0 Å². The lowest BCUT2D eigenvalue weighted by atomic mass is 9.86. The summed E-state index contributed by atoms with van der Waals surface area (Å²) in [5.74, 6) is 0.468. The van der Waals surface area contributed by atoms with Crippen molar-refractivity contribution in [3.63, 3.8) is 0 Å². The molecule has 0 aromatic carbocycles. The van der Waals surface area contributed by atoms with Crippen LogP contribution in [-0.2, 0) is 4.79 Å². The summed E-state index contributed by atoms with van der Waals surface area (Å²) in [5, 5.41) is 5.74. The van der Waals surface area contributed by atoms with Gasteiger partial charge in [0.05, 0.1) is 0 Å². The predicted octanol–water partition coefficient (Wildman–Crippen LogP) is 2.86. The van der Waals surface area contributed by atoms with Gasteiger partial charge in [-0.2, -0.15) is 0 Å². The number of amides is 2. The largest absolute Gasteiger partial charge is 0.444 e. The van der Waals surface area contributed by atoms with Crippen LogP contribution >= 0.6 is 15.9 Å². The molecule has 6 heteroatoms. The Labute approximate surface area is 133 Å². The molecule has 0 spiro atoms. The Hall–Kier alpha value is -1.30. The summed E-state index contributed by atoms with van der Waals surface area (Å²) in [5.41, 5.74) is 0. The fraction of sp³-hybridized carbons (Fsp3) is 0.600. The first-order chi connectivity index (χ1) is 10.1. The van der Waals surface area contributed by atoms with E-state index >= 15 is 0 Å². The molecule has 0 aliphatic heterocycles. The maximum atomic E-state index is 11.9. The molecule has 1 aliphatic carbocycles. The Kier molecular flexibility index (Phi) is 5.85. The Morgan fingerprint density at radius 1 is 1.33 bits per heavy atom. The van der Waals surface area contributed by atoms with Crippen LogP contribution in [0.1, 0.15) is 49.6 Å². The quantitative estimate of drug-likeness (QED) is 0.851. The van der Waals surface area contributed by atoms with Gasteiger partial charge in [-0.3, -0.25) is 9.59 Å². The van der Waals surface area contributed by atoms with Crippen LogP contribution in [0.25, 0.3) is 0 Å². The molecular weight excluding hydrogens is 336 g/mol. The van der Waals surface area contributed by atoms with Crippen molar-refractivity contribution >= 4 is 27.7 Å². The van der Waals surface area contributed by atoms with Crippen LogP contribution in [0, 0.1) is 5.92 Å². The molecule has 116 valence electrons. The molecule has 1 aromatic heterocycles. The van der Waals surface area contributed by atoms with Crippen molar-refractivity contribution in [1.82, 2.24) is 10.6 Å². The predicted molar refractivity (Wildman–Crippen MR) is 82.9 cm³/mol. The first-order valence-electron chi connectivity index (χ1n) is 7.39. The third-order valence-electron chi connectivity index (χ3n) is 3.89. The molecule has 0 radical (unpaired) electrons. The van der Waals surface area contributed by atoms with E-state index in [2.05, 4.69) is 33.5 Å². The van der Waals surface area contributed by atoms with Crippen LogP contribution in [-0.4, -0.2) is 24.4 Å². The summed E-state index contributed by atoms with van der Waals surface area (Å²) in [7, 11) is 0. The van der Waals surface area contributed by atoms with Crippen molar-refractivity contribution in [2.24, 2.45) is 5.92 Å². The highest BCUT2D eigenvalue weighted by Gasteiger charge is 2.22. The zero-order valence-electron chi connectivity index (χ0n) is 12.2. The van der Waals surface area contributed by atoms with Crippen LogP contribution < -0.4 is 10.6 Å². The lowest BCUT2D eigenvalue weighted by molar-refractivity contribution is -0.122. The molecule has 1 fully saturated rings. The van der Waals surface area contributed by atoms with Crippen molar-refractivity contribution in [1.29, 1.82) is 0 Å². The normalized spacial score (nSPS) is 21.8. The van der Waals surface area contributed by atoms with E-state index in [-0.39, 0.29) is 30.0 Å². The SMILES string of the molecule is CC1CCCCC1NC(=O)CCNC(=O)c1ccc(Br)o1. The van der Waals surface area contributed by atoms with E-state index in [0.29, 0.717) is 17.1 Å². The van der Waals surface area contributed by atoms with Gasteiger partial charge in [0, 0.05) is 19.0 Å². The van der Waals surface area contributed by atoms with E-state index in [1.807, 2.05) is 0 Å². The average molecular weight is 357 g/mol. The molecule has 2 atom stereocenters. The highest BCUT2D eigenvalue weighted by atomic mass is 79.9. The van der Waals surface area contributed by atoms with Crippen LogP contribution in [0.4, 0.5) is 0 Å². The van der Waals surface area contributed by atoms with Crippen molar-refractivity contribution < 1.29 is 14.0 Å². The number of furan rings is 1. The first kappa shape index (κ1) is 16.1. The molecule has 2 unspecified atom stereocenters. The molecule has 1 aliphatic rings. The summed E-state index contributed by atoms with van der Waals surface area (Å²) in [4.78, 5) is 23.6. The highest BCUT2D eigenvalue weighted by Crippen LogP contribution is 2.23. The lowest BCUT2D eigenvalue weighted by Crippen LogP contribution is -2.42. The number of rotatable bonds is 5. The van der Waals surface area contributed by atoms with Gasteiger partial charge in [-0.25, -0.2) is 0 Å². The van der Waals surface area contributed by atoms with E-state index in [1.54, 1.807) is 12.1 Å². The minimum Gasteiger partial charge on any atom is -0.444 e. The molecule has 21 heavy (non-hydrogen) atoms. The summed E-state index contributed by atoms with van der Waals surface area (Å²) in [6.07, 6.45) is 4.95.